The molecule has 0 spiro atoms. The van der Waals surface area contributed by atoms with Gasteiger partial charge in [0, 0.05) is 56.5 Å². The number of anilines is 1. The summed E-state index contributed by atoms with van der Waals surface area (Å²) in [7, 11) is 0. The second-order valence-corrected chi connectivity index (χ2v) is 9.38. The van der Waals surface area contributed by atoms with Crippen LogP contribution in [0.1, 0.15) is 61.6 Å². The Bertz CT molecular complexity index is 925. The lowest BCUT2D eigenvalue weighted by Crippen LogP contribution is -2.42. The molecule has 0 aliphatic carbocycles. The summed E-state index contributed by atoms with van der Waals surface area (Å²) in [6.45, 7) is 6.97. The van der Waals surface area contributed by atoms with Crippen molar-refractivity contribution in [2.75, 3.05) is 37.7 Å². The Hall–Kier alpha value is -2.48. The number of likely N-dealkylation sites (tertiary alicyclic amines) is 1. The Kier molecular flexibility index (Phi) is 6.39. The van der Waals surface area contributed by atoms with Crippen LogP contribution in [0.5, 0.6) is 0 Å². The SMILES string of the molecule is Cc1nc([C@@H]2CCCCN2C(=O)Cn2cccn2)nc2c1CCCN2CC1CCOCC1. The second kappa shape index (κ2) is 9.57. The maximum absolute atomic E-state index is 13.1. The van der Waals surface area contributed by atoms with Crippen LogP contribution in [0, 0.1) is 12.8 Å². The van der Waals surface area contributed by atoms with Gasteiger partial charge in [0.25, 0.3) is 0 Å². The van der Waals surface area contributed by atoms with E-state index in [-0.39, 0.29) is 18.5 Å². The summed E-state index contributed by atoms with van der Waals surface area (Å²) in [5.74, 6) is 2.68. The van der Waals surface area contributed by atoms with E-state index < -0.39 is 0 Å². The van der Waals surface area contributed by atoms with Crippen molar-refractivity contribution in [3.63, 3.8) is 0 Å². The maximum atomic E-state index is 13.1. The number of rotatable bonds is 5. The molecule has 2 saturated heterocycles. The highest BCUT2D eigenvalue weighted by molar-refractivity contribution is 5.76. The maximum Gasteiger partial charge on any atom is 0.244 e. The predicted molar refractivity (Wildman–Crippen MR) is 121 cm³/mol. The van der Waals surface area contributed by atoms with Gasteiger partial charge in [-0.3, -0.25) is 9.48 Å². The summed E-state index contributed by atoms with van der Waals surface area (Å²) in [6, 6.07) is 1.80. The molecular formula is C24H34N6O2. The molecular weight excluding hydrogens is 404 g/mol. The van der Waals surface area contributed by atoms with Gasteiger partial charge in [0.05, 0.1) is 6.04 Å². The number of hydrogen-bond donors (Lipinski definition) is 0. The van der Waals surface area contributed by atoms with E-state index >= 15 is 0 Å². The van der Waals surface area contributed by atoms with Gasteiger partial charge in [-0.1, -0.05) is 0 Å². The van der Waals surface area contributed by atoms with E-state index in [0.29, 0.717) is 5.92 Å². The third-order valence-corrected chi connectivity index (χ3v) is 7.16. The molecule has 2 fully saturated rings. The van der Waals surface area contributed by atoms with Crippen molar-refractivity contribution in [2.45, 2.75) is 64.5 Å². The van der Waals surface area contributed by atoms with Crippen LogP contribution in [-0.4, -0.2) is 63.4 Å². The fraction of sp³-hybridized carbons (Fsp3) is 0.667. The molecule has 172 valence electrons. The Morgan fingerprint density at radius 3 is 2.81 bits per heavy atom. The number of nitrogens with zero attached hydrogens (tertiary/aromatic N) is 6. The predicted octanol–water partition coefficient (Wildman–Crippen LogP) is 2.91. The van der Waals surface area contributed by atoms with E-state index in [9.17, 15) is 4.79 Å². The van der Waals surface area contributed by atoms with Crippen molar-refractivity contribution in [1.82, 2.24) is 24.6 Å². The molecule has 5 rings (SSSR count). The van der Waals surface area contributed by atoms with Gasteiger partial charge in [-0.2, -0.15) is 5.10 Å². The number of ether oxygens (including phenoxy) is 1. The molecule has 32 heavy (non-hydrogen) atoms. The van der Waals surface area contributed by atoms with E-state index in [0.717, 1.165) is 95.1 Å². The normalized spacial score (nSPS) is 22.1. The Morgan fingerprint density at radius 2 is 2.00 bits per heavy atom. The highest BCUT2D eigenvalue weighted by atomic mass is 16.5. The zero-order chi connectivity index (χ0) is 21.9. The van der Waals surface area contributed by atoms with Crippen molar-refractivity contribution in [3.05, 3.63) is 35.5 Å². The summed E-state index contributed by atoms with van der Waals surface area (Å²) < 4.78 is 7.26. The van der Waals surface area contributed by atoms with E-state index in [1.165, 1.54) is 5.56 Å². The summed E-state index contributed by atoms with van der Waals surface area (Å²) in [5, 5.41) is 4.21. The van der Waals surface area contributed by atoms with Gasteiger partial charge < -0.3 is 14.5 Å². The third-order valence-electron chi connectivity index (χ3n) is 7.16. The number of amides is 1. The number of carbonyl (C=O) groups excluding carboxylic acids is 1. The molecule has 2 aromatic heterocycles. The lowest BCUT2D eigenvalue weighted by molar-refractivity contribution is -0.136. The van der Waals surface area contributed by atoms with E-state index in [1.54, 1.807) is 10.9 Å². The highest BCUT2D eigenvalue weighted by Gasteiger charge is 2.33. The number of fused-ring (bicyclic) bond motifs is 1. The van der Waals surface area contributed by atoms with Gasteiger partial charge in [-0.15, -0.1) is 0 Å². The minimum Gasteiger partial charge on any atom is -0.381 e. The van der Waals surface area contributed by atoms with Crippen molar-refractivity contribution in [1.29, 1.82) is 0 Å². The van der Waals surface area contributed by atoms with Crippen molar-refractivity contribution >= 4 is 11.7 Å². The number of carbonyl (C=O) groups is 1. The monoisotopic (exact) mass is 438 g/mol. The largest absolute Gasteiger partial charge is 0.381 e. The molecule has 0 aromatic carbocycles. The van der Waals surface area contributed by atoms with Crippen LogP contribution >= 0.6 is 0 Å². The average molecular weight is 439 g/mol. The first kappa shape index (κ1) is 21.4. The zero-order valence-electron chi connectivity index (χ0n) is 19.1. The zero-order valence-corrected chi connectivity index (χ0v) is 19.1. The molecule has 0 radical (unpaired) electrons. The Morgan fingerprint density at radius 1 is 1.12 bits per heavy atom. The quantitative estimate of drug-likeness (QED) is 0.715. The number of aryl methyl sites for hydroxylation is 1. The van der Waals surface area contributed by atoms with Gasteiger partial charge in [0.2, 0.25) is 5.91 Å². The van der Waals surface area contributed by atoms with Gasteiger partial charge >= 0.3 is 0 Å². The molecule has 1 amide bonds. The third kappa shape index (κ3) is 4.51. The molecule has 0 saturated carbocycles. The van der Waals surface area contributed by atoms with Crippen LogP contribution in [-0.2, 0) is 22.5 Å². The molecule has 3 aliphatic rings. The smallest absolute Gasteiger partial charge is 0.244 e. The lowest BCUT2D eigenvalue weighted by atomic mass is 9.96. The second-order valence-electron chi connectivity index (χ2n) is 9.38. The highest BCUT2D eigenvalue weighted by Crippen LogP contribution is 2.34. The number of aromatic nitrogens is 4. The summed E-state index contributed by atoms with van der Waals surface area (Å²) >= 11 is 0. The van der Waals surface area contributed by atoms with Gasteiger partial charge in [0.15, 0.2) is 5.82 Å². The molecule has 2 aromatic rings. The van der Waals surface area contributed by atoms with E-state index in [4.69, 9.17) is 14.7 Å². The standard InChI is InChI=1S/C24H34N6O2/c1-18-20-6-4-11-28(16-19-8-14-32-15-9-19)24(20)27-23(26-18)21-7-2-3-13-30(21)22(31)17-29-12-5-10-25-29/h5,10,12,19,21H,2-4,6-9,11,13-17H2,1H3/t21-/m0/s1. The molecule has 5 heterocycles. The first-order valence-corrected chi connectivity index (χ1v) is 12.2. The summed E-state index contributed by atoms with van der Waals surface area (Å²) in [5.41, 5.74) is 2.36. The van der Waals surface area contributed by atoms with Gasteiger partial charge in [-0.05, 0) is 63.9 Å². The summed E-state index contributed by atoms with van der Waals surface area (Å²) in [4.78, 5) is 27.7. The summed E-state index contributed by atoms with van der Waals surface area (Å²) in [6.07, 6.45) is 11.0. The Labute approximate surface area is 190 Å². The minimum atomic E-state index is -0.0531. The fourth-order valence-corrected chi connectivity index (χ4v) is 5.40. The topological polar surface area (TPSA) is 76.4 Å². The van der Waals surface area contributed by atoms with Crippen LogP contribution in [0.2, 0.25) is 0 Å². The molecule has 0 N–H and O–H groups in total. The minimum absolute atomic E-state index is 0.0531. The molecule has 8 heteroatoms. The van der Waals surface area contributed by atoms with Crippen LogP contribution in [0.4, 0.5) is 5.82 Å². The number of hydrogen-bond acceptors (Lipinski definition) is 6. The Balaban J connectivity index is 1.40. The van der Waals surface area contributed by atoms with Crippen LogP contribution in [0.25, 0.3) is 0 Å². The van der Waals surface area contributed by atoms with Gasteiger partial charge in [-0.25, -0.2) is 9.97 Å². The number of piperidine rings is 1. The van der Waals surface area contributed by atoms with E-state index in [2.05, 4.69) is 16.9 Å². The van der Waals surface area contributed by atoms with Crippen LogP contribution in [0.3, 0.4) is 0 Å². The van der Waals surface area contributed by atoms with Crippen molar-refractivity contribution < 1.29 is 9.53 Å². The van der Waals surface area contributed by atoms with Crippen LogP contribution < -0.4 is 4.90 Å². The molecule has 0 unspecified atom stereocenters. The first-order chi connectivity index (χ1) is 15.7. The molecule has 0 bridgehead atoms. The molecule has 3 aliphatic heterocycles. The van der Waals surface area contributed by atoms with E-state index in [1.807, 2.05) is 17.2 Å². The van der Waals surface area contributed by atoms with Crippen molar-refractivity contribution in [3.8, 4) is 0 Å². The fourth-order valence-electron chi connectivity index (χ4n) is 5.40. The van der Waals surface area contributed by atoms with Gasteiger partial charge in [0.1, 0.15) is 12.4 Å². The average Bonchev–Trinajstić information content (AvgIpc) is 3.33. The molecule has 1 atom stereocenters. The molecule has 8 nitrogen and oxygen atoms in total. The first-order valence-electron chi connectivity index (χ1n) is 12.2. The van der Waals surface area contributed by atoms with Crippen LogP contribution in [0.15, 0.2) is 18.5 Å². The van der Waals surface area contributed by atoms with Crippen molar-refractivity contribution in [2.24, 2.45) is 5.92 Å². The lowest BCUT2D eigenvalue weighted by Gasteiger charge is -2.38.